The maximum absolute atomic E-state index is 12.8. The quantitative estimate of drug-likeness (QED) is 0.864. The number of halogens is 1. The lowest BCUT2D eigenvalue weighted by Gasteiger charge is -2.36. The molecule has 4 heteroatoms. The summed E-state index contributed by atoms with van der Waals surface area (Å²) in [4.78, 5) is 14.7. The molecule has 0 heterocycles. The number of nitrogens with zero attached hydrogens (tertiary/aromatic N) is 1. The summed E-state index contributed by atoms with van der Waals surface area (Å²) >= 11 is 3.57. The Hall–Kier alpha value is -0.870. The van der Waals surface area contributed by atoms with E-state index < -0.39 is 6.04 Å². The van der Waals surface area contributed by atoms with Crippen molar-refractivity contribution in [3.05, 3.63) is 34.3 Å². The molecule has 3 nitrogen and oxygen atoms in total. The van der Waals surface area contributed by atoms with E-state index in [2.05, 4.69) is 29.8 Å². The Labute approximate surface area is 137 Å². The molecule has 0 aliphatic heterocycles. The van der Waals surface area contributed by atoms with Gasteiger partial charge in [-0.3, -0.25) is 4.79 Å². The molecule has 0 saturated carbocycles. The Bertz CT molecular complexity index is 482. The van der Waals surface area contributed by atoms with Crippen LogP contribution in [0.3, 0.4) is 0 Å². The van der Waals surface area contributed by atoms with Crippen molar-refractivity contribution in [3.63, 3.8) is 0 Å². The molecule has 118 valence electrons. The molecule has 2 N–H and O–H groups in total. The Morgan fingerprint density at radius 2 is 1.90 bits per heavy atom. The van der Waals surface area contributed by atoms with E-state index in [9.17, 15) is 4.79 Å². The molecule has 1 aromatic rings. The van der Waals surface area contributed by atoms with E-state index in [1.807, 2.05) is 49.9 Å². The van der Waals surface area contributed by atoms with Gasteiger partial charge in [0.1, 0.15) is 0 Å². The minimum Gasteiger partial charge on any atom is -0.335 e. The molecular formula is C17H27BrN2O. The van der Waals surface area contributed by atoms with Crippen molar-refractivity contribution in [1.82, 2.24) is 4.90 Å². The van der Waals surface area contributed by atoms with E-state index in [4.69, 9.17) is 5.73 Å². The van der Waals surface area contributed by atoms with Gasteiger partial charge in [-0.1, -0.05) is 61.8 Å². The molecule has 1 amide bonds. The standard InChI is InChI=1S/C17H27BrN2O/c1-6-11-20(16(21)15(19)17(3,4)5)12(2)13-9-7-8-10-14(13)18/h7-10,12,15H,6,11,19H2,1-5H3/t12?,15-/m0/s1. The Morgan fingerprint density at radius 1 is 1.33 bits per heavy atom. The third-order valence-electron chi connectivity index (χ3n) is 3.77. The number of nitrogens with two attached hydrogens (primary N) is 1. The minimum absolute atomic E-state index is 0.00132. The van der Waals surface area contributed by atoms with E-state index in [1.165, 1.54) is 0 Å². The lowest BCUT2D eigenvalue weighted by Crippen LogP contribution is -2.51. The van der Waals surface area contributed by atoms with Gasteiger partial charge >= 0.3 is 0 Å². The van der Waals surface area contributed by atoms with Gasteiger partial charge in [-0.05, 0) is 30.4 Å². The Balaban J connectivity index is 3.07. The van der Waals surface area contributed by atoms with Crippen LogP contribution in [0.15, 0.2) is 28.7 Å². The first-order chi connectivity index (χ1) is 9.70. The average molecular weight is 355 g/mol. The topological polar surface area (TPSA) is 46.3 Å². The van der Waals surface area contributed by atoms with Gasteiger partial charge in [0.15, 0.2) is 0 Å². The molecule has 0 saturated heterocycles. The number of rotatable bonds is 5. The monoisotopic (exact) mass is 354 g/mol. The van der Waals surface area contributed by atoms with E-state index in [0.717, 1.165) is 16.5 Å². The highest BCUT2D eigenvalue weighted by Crippen LogP contribution is 2.29. The zero-order valence-corrected chi connectivity index (χ0v) is 15.3. The Morgan fingerprint density at radius 3 is 2.38 bits per heavy atom. The van der Waals surface area contributed by atoms with Crippen LogP contribution in [-0.2, 0) is 4.79 Å². The van der Waals surface area contributed by atoms with Crippen LogP contribution in [0.2, 0.25) is 0 Å². The second-order valence-electron chi connectivity index (χ2n) is 6.57. The highest BCUT2D eigenvalue weighted by molar-refractivity contribution is 9.10. The highest BCUT2D eigenvalue weighted by atomic mass is 79.9. The zero-order chi connectivity index (χ0) is 16.2. The van der Waals surface area contributed by atoms with Gasteiger partial charge in [0.05, 0.1) is 12.1 Å². The number of carbonyl (C=O) groups is 1. The summed E-state index contributed by atoms with van der Waals surface area (Å²) in [5, 5.41) is 0. The van der Waals surface area contributed by atoms with Gasteiger partial charge in [-0.15, -0.1) is 0 Å². The summed E-state index contributed by atoms with van der Waals surface area (Å²) in [5.74, 6) is 0.0209. The lowest BCUT2D eigenvalue weighted by atomic mass is 9.86. The summed E-state index contributed by atoms with van der Waals surface area (Å²) in [5.41, 5.74) is 7.05. The van der Waals surface area contributed by atoms with Crippen LogP contribution < -0.4 is 5.73 Å². The van der Waals surface area contributed by atoms with Crippen LogP contribution in [0, 0.1) is 5.41 Å². The summed E-state index contributed by atoms with van der Waals surface area (Å²) in [6.07, 6.45) is 0.914. The van der Waals surface area contributed by atoms with Gasteiger partial charge in [0.25, 0.3) is 0 Å². The zero-order valence-electron chi connectivity index (χ0n) is 13.7. The first-order valence-corrected chi connectivity index (χ1v) is 8.30. The van der Waals surface area contributed by atoms with Crippen molar-refractivity contribution in [2.24, 2.45) is 11.1 Å². The van der Waals surface area contributed by atoms with Crippen molar-refractivity contribution >= 4 is 21.8 Å². The van der Waals surface area contributed by atoms with Crippen molar-refractivity contribution in [1.29, 1.82) is 0 Å². The van der Waals surface area contributed by atoms with Crippen molar-refractivity contribution in [3.8, 4) is 0 Å². The molecular weight excluding hydrogens is 328 g/mol. The fraction of sp³-hybridized carbons (Fsp3) is 0.588. The van der Waals surface area contributed by atoms with Crippen LogP contribution in [-0.4, -0.2) is 23.4 Å². The summed E-state index contributed by atoms with van der Waals surface area (Å²) < 4.78 is 1.02. The third kappa shape index (κ3) is 4.55. The number of carbonyl (C=O) groups excluding carboxylic acids is 1. The van der Waals surface area contributed by atoms with E-state index in [-0.39, 0.29) is 17.4 Å². The maximum Gasteiger partial charge on any atom is 0.240 e. The first-order valence-electron chi connectivity index (χ1n) is 7.50. The molecule has 0 fully saturated rings. The first kappa shape index (κ1) is 18.2. The summed E-state index contributed by atoms with van der Waals surface area (Å²) in [6, 6.07) is 7.54. The number of amides is 1. The summed E-state index contributed by atoms with van der Waals surface area (Å²) in [7, 11) is 0. The largest absolute Gasteiger partial charge is 0.335 e. The van der Waals surface area contributed by atoms with Crippen molar-refractivity contribution in [2.75, 3.05) is 6.54 Å². The highest BCUT2D eigenvalue weighted by Gasteiger charge is 2.33. The normalized spacial score (nSPS) is 14.6. The minimum atomic E-state index is -0.492. The number of hydrogen-bond donors (Lipinski definition) is 1. The van der Waals surface area contributed by atoms with E-state index in [0.29, 0.717) is 6.54 Å². The SMILES string of the molecule is CCCN(C(=O)[C@H](N)C(C)(C)C)C(C)c1ccccc1Br. The average Bonchev–Trinajstić information content (AvgIpc) is 2.42. The number of benzene rings is 1. The molecule has 2 atom stereocenters. The van der Waals surface area contributed by atoms with E-state index >= 15 is 0 Å². The molecule has 1 unspecified atom stereocenters. The molecule has 0 aliphatic carbocycles. The third-order valence-corrected chi connectivity index (χ3v) is 4.49. The molecule has 0 bridgehead atoms. The maximum atomic E-state index is 12.8. The predicted octanol–water partition coefficient (Wildman–Crippen LogP) is 4.12. The van der Waals surface area contributed by atoms with Crippen molar-refractivity contribution in [2.45, 2.75) is 53.1 Å². The summed E-state index contributed by atoms with van der Waals surface area (Å²) in [6.45, 7) is 10.9. The molecule has 21 heavy (non-hydrogen) atoms. The fourth-order valence-electron chi connectivity index (χ4n) is 2.27. The number of hydrogen-bond acceptors (Lipinski definition) is 2. The van der Waals surface area contributed by atoms with Gasteiger partial charge in [0, 0.05) is 11.0 Å². The molecule has 0 spiro atoms. The molecule has 0 radical (unpaired) electrons. The second kappa shape index (κ2) is 7.41. The smallest absolute Gasteiger partial charge is 0.240 e. The molecule has 0 aromatic heterocycles. The van der Waals surface area contributed by atoms with Gasteiger partial charge < -0.3 is 10.6 Å². The van der Waals surface area contributed by atoms with Gasteiger partial charge in [0.2, 0.25) is 5.91 Å². The molecule has 1 rings (SSSR count). The Kier molecular flexibility index (Phi) is 6.41. The van der Waals surface area contributed by atoms with Crippen LogP contribution >= 0.6 is 15.9 Å². The van der Waals surface area contributed by atoms with Crippen LogP contribution in [0.25, 0.3) is 0 Å². The predicted molar refractivity (Wildman–Crippen MR) is 92.0 cm³/mol. The second-order valence-corrected chi connectivity index (χ2v) is 7.43. The van der Waals surface area contributed by atoms with Crippen LogP contribution in [0.1, 0.15) is 52.6 Å². The molecule has 0 aliphatic rings. The lowest BCUT2D eigenvalue weighted by molar-refractivity contribution is -0.137. The van der Waals surface area contributed by atoms with Crippen LogP contribution in [0.5, 0.6) is 0 Å². The molecule has 1 aromatic carbocycles. The fourth-order valence-corrected chi connectivity index (χ4v) is 2.88. The van der Waals surface area contributed by atoms with Gasteiger partial charge in [-0.2, -0.15) is 0 Å². The van der Waals surface area contributed by atoms with Crippen LogP contribution in [0.4, 0.5) is 0 Å². The van der Waals surface area contributed by atoms with Crippen molar-refractivity contribution < 1.29 is 4.79 Å². The van der Waals surface area contributed by atoms with E-state index in [1.54, 1.807) is 0 Å². The van der Waals surface area contributed by atoms with Gasteiger partial charge in [-0.25, -0.2) is 0 Å².